The van der Waals surface area contributed by atoms with Crippen LogP contribution in [0.1, 0.15) is 42.9 Å². The highest BCUT2D eigenvalue weighted by atomic mass is 16.2. The van der Waals surface area contributed by atoms with Crippen molar-refractivity contribution in [1.82, 2.24) is 15.5 Å². The number of hydrogen-bond acceptors (Lipinski definition) is 4. The second-order valence-electron chi connectivity index (χ2n) is 5.05. The zero-order chi connectivity index (χ0) is 15.9. The summed E-state index contributed by atoms with van der Waals surface area (Å²) >= 11 is 0. The first-order valence-corrected chi connectivity index (χ1v) is 7.60. The number of nitrogens with zero attached hydrogens (tertiary/aromatic N) is 3. The molecular formula is C17H22N4O. The molecule has 1 unspecified atom stereocenters. The Bertz CT molecular complexity index is 594. The molecule has 1 aromatic carbocycles. The predicted octanol–water partition coefficient (Wildman–Crippen LogP) is 2.81. The fourth-order valence-electron chi connectivity index (χ4n) is 2.26. The Labute approximate surface area is 131 Å². The summed E-state index contributed by atoms with van der Waals surface area (Å²) in [6.45, 7) is 7.80. The van der Waals surface area contributed by atoms with E-state index in [4.69, 9.17) is 0 Å². The van der Waals surface area contributed by atoms with E-state index in [1.165, 1.54) is 0 Å². The summed E-state index contributed by atoms with van der Waals surface area (Å²) in [5.41, 5.74) is 1.39. The van der Waals surface area contributed by atoms with Gasteiger partial charge in [-0.15, -0.1) is 10.2 Å². The molecule has 2 rings (SSSR count). The molecule has 0 aliphatic carbocycles. The van der Waals surface area contributed by atoms with Gasteiger partial charge in [0.2, 0.25) is 0 Å². The molecule has 1 atom stereocenters. The van der Waals surface area contributed by atoms with Crippen molar-refractivity contribution in [3.05, 3.63) is 53.7 Å². The lowest BCUT2D eigenvalue weighted by atomic mass is 10.1. The maximum Gasteiger partial charge on any atom is 0.272 e. The van der Waals surface area contributed by atoms with Crippen LogP contribution in [0, 0.1) is 0 Å². The van der Waals surface area contributed by atoms with Gasteiger partial charge in [-0.3, -0.25) is 4.79 Å². The monoisotopic (exact) mass is 298 g/mol. The number of nitrogens with one attached hydrogen (secondary N) is 1. The van der Waals surface area contributed by atoms with Crippen molar-refractivity contribution < 1.29 is 4.79 Å². The number of anilines is 1. The average Bonchev–Trinajstić information content (AvgIpc) is 2.57. The van der Waals surface area contributed by atoms with Crippen molar-refractivity contribution in [2.24, 2.45) is 0 Å². The van der Waals surface area contributed by atoms with Gasteiger partial charge in [0.15, 0.2) is 11.5 Å². The molecule has 0 aliphatic rings. The number of carbonyl (C=O) groups excluding carboxylic acids is 1. The highest BCUT2D eigenvalue weighted by molar-refractivity contribution is 5.92. The molecule has 0 aliphatic heterocycles. The first-order chi connectivity index (χ1) is 10.7. The van der Waals surface area contributed by atoms with Crippen LogP contribution in [0.25, 0.3) is 0 Å². The molecule has 0 saturated carbocycles. The van der Waals surface area contributed by atoms with E-state index in [9.17, 15) is 4.79 Å². The van der Waals surface area contributed by atoms with Crippen molar-refractivity contribution in [3.8, 4) is 0 Å². The van der Waals surface area contributed by atoms with Gasteiger partial charge in [0.25, 0.3) is 5.91 Å². The van der Waals surface area contributed by atoms with Crippen LogP contribution in [-0.2, 0) is 0 Å². The highest BCUT2D eigenvalue weighted by Crippen LogP contribution is 2.13. The lowest BCUT2D eigenvalue weighted by Crippen LogP contribution is -2.28. The Balaban J connectivity index is 2.04. The highest BCUT2D eigenvalue weighted by Gasteiger charge is 2.13. The molecule has 0 fully saturated rings. The van der Waals surface area contributed by atoms with E-state index in [2.05, 4.69) is 34.3 Å². The molecule has 0 bridgehead atoms. The molecule has 0 radical (unpaired) electrons. The minimum Gasteiger partial charge on any atom is -0.356 e. The Morgan fingerprint density at radius 2 is 1.77 bits per heavy atom. The van der Waals surface area contributed by atoms with Crippen LogP contribution in [0.3, 0.4) is 0 Å². The van der Waals surface area contributed by atoms with E-state index in [1.54, 1.807) is 6.07 Å². The molecular weight excluding hydrogens is 276 g/mol. The quantitative estimate of drug-likeness (QED) is 0.891. The second-order valence-corrected chi connectivity index (χ2v) is 5.05. The molecule has 1 heterocycles. The van der Waals surface area contributed by atoms with Crippen molar-refractivity contribution in [3.63, 3.8) is 0 Å². The van der Waals surface area contributed by atoms with E-state index < -0.39 is 0 Å². The van der Waals surface area contributed by atoms with Crippen LogP contribution in [0.2, 0.25) is 0 Å². The number of hydrogen-bond donors (Lipinski definition) is 1. The Morgan fingerprint density at radius 3 is 2.32 bits per heavy atom. The minimum absolute atomic E-state index is 0.0713. The third-order valence-corrected chi connectivity index (χ3v) is 3.62. The van der Waals surface area contributed by atoms with Gasteiger partial charge in [0.05, 0.1) is 6.04 Å². The van der Waals surface area contributed by atoms with Gasteiger partial charge < -0.3 is 10.2 Å². The van der Waals surface area contributed by atoms with Crippen LogP contribution < -0.4 is 10.2 Å². The summed E-state index contributed by atoms with van der Waals surface area (Å²) in [6.07, 6.45) is 0. The lowest BCUT2D eigenvalue weighted by Gasteiger charge is -2.19. The van der Waals surface area contributed by atoms with Crippen LogP contribution >= 0.6 is 0 Å². The number of aromatic nitrogens is 2. The maximum atomic E-state index is 12.2. The van der Waals surface area contributed by atoms with Crippen LogP contribution in [0.5, 0.6) is 0 Å². The molecule has 1 amide bonds. The topological polar surface area (TPSA) is 58.1 Å². The van der Waals surface area contributed by atoms with Gasteiger partial charge >= 0.3 is 0 Å². The molecule has 5 nitrogen and oxygen atoms in total. The first-order valence-electron chi connectivity index (χ1n) is 7.60. The molecule has 5 heteroatoms. The number of benzene rings is 1. The molecule has 0 spiro atoms. The van der Waals surface area contributed by atoms with Crippen LogP contribution in [0.4, 0.5) is 5.82 Å². The van der Waals surface area contributed by atoms with Gasteiger partial charge in [-0.05, 0) is 38.5 Å². The van der Waals surface area contributed by atoms with Crippen molar-refractivity contribution in [2.75, 3.05) is 18.0 Å². The van der Waals surface area contributed by atoms with E-state index in [-0.39, 0.29) is 11.9 Å². The maximum absolute atomic E-state index is 12.2. The SMILES string of the molecule is CCN(CC)c1ccc(C(=O)NC(C)c2ccccc2)nn1. The Hall–Kier alpha value is -2.43. The predicted molar refractivity (Wildman–Crippen MR) is 87.9 cm³/mol. The third-order valence-electron chi connectivity index (χ3n) is 3.62. The fraction of sp³-hybridized carbons (Fsp3) is 0.353. The summed E-state index contributed by atoms with van der Waals surface area (Å²) in [6, 6.07) is 13.3. The van der Waals surface area contributed by atoms with Crippen molar-refractivity contribution >= 4 is 11.7 Å². The smallest absolute Gasteiger partial charge is 0.272 e. The second kappa shape index (κ2) is 7.54. The van der Waals surface area contributed by atoms with Crippen molar-refractivity contribution in [1.29, 1.82) is 0 Å². The summed E-state index contributed by atoms with van der Waals surface area (Å²) in [7, 11) is 0. The van der Waals surface area contributed by atoms with Crippen LogP contribution in [0.15, 0.2) is 42.5 Å². The van der Waals surface area contributed by atoms with Crippen molar-refractivity contribution in [2.45, 2.75) is 26.8 Å². The van der Waals surface area contributed by atoms with E-state index >= 15 is 0 Å². The van der Waals surface area contributed by atoms with Gasteiger partial charge in [-0.25, -0.2) is 0 Å². The molecule has 1 N–H and O–H groups in total. The van der Waals surface area contributed by atoms with E-state index in [1.807, 2.05) is 43.3 Å². The number of carbonyl (C=O) groups is 1. The fourth-order valence-corrected chi connectivity index (χ4v) is 2.26. The van der Waals surface area contributed by atoms with Crippen LogP contribution in [-0.4, -0.2) is 29.2 Å². The zero-order valence-electron chi connectivity index (χ0n) is 13.3. The van der Waals surface area contributed by atoms with E-state index in [0.717, 1.165) is 24.5 Å². The van der Waals surface area contributed by atoms with Gasteiger partial charge in [-0.2, -0.15) is 0 Å². The lowest BCUT2D eigenvalue weighted by molar-refractivity contribution is 0.0934. The van der Waals surface area contributed by atoms with Gasteiger partial charge in [0.1, 0.15) is 0 Å². The Morgan fingerprint density at radius 1 is 1.09 bits per heavy atom. The zero-order valence-corrected chi connectivity index (χ0v) is 13.3. The Kier molecular flexibility index (Phi) is 5.47. The summed E-state index contributed by atoms with van der Waals surface area (Å²) in [5, 5.41) is 11.1. The van der Waals surface area contributed by atoms with Gasteiger partial charge in [-0.1, -0.05) is 30.3 Å². The summed E-state index contributed by atoms with van der Waals surface area (Å²) in [4.78, 5) is 14.3. The number of amides is 1. The summed E-state index contributed by atoms with van der Waals surface area (Å²) in [5.74, 6) is 0.576. The van der Waals surface area contributed by atoms with Gasteiger partial charge in [0, 0.05) is 13.1 Å². The molecule has 2 aromatic rings. The van der Waals surface area contributed by atoms with E-state index in [0.29, 0.717) is 5.69 Å². The largest absolute Gasteiger partial charge is 0.356 e. The average molecular weight is 298 g/mol. The minimum atomic E-state index is -0.213. The first kappa shape index (κ1) is 15.9. The normalized spacial score (nSPS) is 11.8. The molecule has 22 heavy (non-hydrogen) atoms. The molecule has 0 saturated heterocycles. The third kappa shape index (κ3) is 3.81. The number of rotatable bonds is 6. The molecule has 116 valence electrons. The molecule has 1 aromatic heterocycles. The standard InChI is InChI=1S/C17H22N4O/c1-4-21(5-2)16-12-11-15(19-20-16)17(22)18-13(3)14-9-7-6-8-10-14/h6-13H,4-5H2,1-3H3,(H,18,22). The summed E-state index contributed by atoms with van der Waals surface area (Å²) < 4.78 is 0.